The number of allylic oxidation sites excluding steroid dienone is 2. The molecule has 1 aromatic rings. The number of benzene rings is 1. The Balaban J connectivity index is 2.46. The molecule has 0 radical (unpaired) electrons. The first-order chi connectivity index (χ1) is 9.35. The first-order valence-electron chi connectivity index (χ1n) is 6.40. The third kappa shape index (κ3) is 2.73. The van der Waals surface area contributed by atoms with Crippen molar-refractivity contribution in [1.82, 2.24) is 0 Å². The van der Waals surface area contributed by atoms with Gasteiger partial charge in [0.1, 0.15) is 0 Å². The van der Waals surface area contributed by atoms with E-state index in [4.69, 9.17) is 5.73 Å². The summed E-state index contributed by atoms with van der Waals surface area (Å²) in [6, 6.07) is 7.19. The highest BCUT2D eigenvalue weighted by Crippen LogP contribution is 2.39. The van der Waals surface area contributed by atoms with Gasteiger partial charge in [-0.1, -0.05) is 50.3 Å². The van der Waals surface area contributed by atoms with E-state index in [9.17, 15) is 8.42 Å². The van der Waals surface area contributed by atoms with Crippen LogP contribution in [0.5, 0.6) is 0 Å². The molecule has 1 atom stereocenters. The Bertz CT molecular complexity index is 694. The molecular weight excluding hydrogens is 272 g/mol. The maximum absolute atomic E-state index is 10.7. The summed E-state index contributed by atoms with van der Waals surface area (Å²) in [5.41, 5.74) is 7.07. The lowest BCUT2D eigenvalue weighted by Gasteiger charge is -2.43. The topological polar surface area (TPSA) is 72.5 Å². The van der Waals surface area contributed by atoms with Gasteiger partial charge in [0.25, 0.3) is 0 Å². The molecule has 2 rings (SSSR count). The Hall–Kier alpha value is -1.72. The van der Waals surface area contributed by atoms with E-state index in [1.54, 1.807) is 18.2 Å². The zero-order valence-corrected chi connectivity index (χ0v) is 12.4. The van der Waals surface area contributed by atoms with Gasteiger partial charge in [-0.05, 0) is 24.1 Å². The van der Waals surface area contributed by atoms with E-state index < -0.39 is 16.0 Å². The van der Waals surface area contributed by atoms with Gasteiger partial charge in [-0.25, -0.2) is 0 Å². The molecule has 0 saturated heterocycles. The van der Waals surface area contributed by atoms with E-state index in [-0.39, 0.29) is 5.41 Å². The molecule has 1 unspecified atom stereocenters. The summed E-state index contributed by atoms with van der Waals surface area (Å²) in [7, 11) is -2.45. The molecule has 20 heavy (non-hydrogen) atoms. The molecule has 0 bridgehead atoms. The molecule has 5 heteroatoms. The lowest BCUT2D eigenvalue weighted by atomic mass is 9.65. The predicted molar refractivity (Wildman–Crippen MR) is 80.3 cm³/mol. The maximum atomic E-state index is 10.7. The van der Waals surface area contributed by atoms with Crippen LogP contribution in [0.1, 0.15) is 25.8 Å². The third-order valence-electron chi connectivity index (χ3n) is 4.01. The Morgan fingerprint density at radius 3 is 2.65 bits per heavy atom. The van der Waals surface area contributed by atoms with Gasteiger partial charge in [0.15, 0.2) is 0 Å². The zero-order valence-electron chi connectivity index (χ0n) is 11.6. The van der Waals surface area contributed by atoms with Gasteiger partial charge in [0.05, 0.1) is 5.69 Å². The van der Waals surface area contributed by atoms with E-state index in [1.807, 2.05) is 30.4 Å². The van der Waals surface area contributed by atoms with Gasteiger partial charge in [0, 0.05) is 11.0 Å². The Kier molecular flexibility index (Phi) is 3.92. The minimum absolute atomic E-state index is 0.343. The maximum Gasteiger partial charge on any atom is 0.316 e. The summed E-state index contributed by atoms with van der Waals surface area (Å²) in [6.45, 7) is 4.12. The van der Waals surface area contributed by atoms with E-state index in [0.29, 0.717) is 5.69 Å². The average Bonchev–Trinajstić information content (AvgIpc) is 2.39. The van der Waals surface area contributed by atoms with Gasteiger partial charge in [-0.3, -0.25) is 0 Å². The quantitative estimate of drug-likeness (QED) is 0.930. The minimum Gasteiger partial charge on any atom is -0.321 e. The fourth-order valence-corrected chi connectivity index (χ4v) is 2.69. The van der Waals surface area contributed by atoms with Gasteiger partial charge in [-0.2, -0.15) is 8.42 Å². The molecule has 106 valence electrons. The Labute approximate surface area is 120 Å². The van der Waals surface area contributed by atoms with Crippen molar-refractivity contribution in [1.29, 1.82) is 0 Å². The molecule has 0 aromatic heterocycles. The van der Waals surface area contributed by atoms with Crippen molar-refractivity contribution >= 4 is 16.2 Å². The molecular formula is C15H18N2O2S. The second kappa shape index (κ2) is 5.34. The number of nitrogens with zero attached hydrogens (tertiary/aromatic N) is 1. The number of nitrogens with two attached hydrogens (primary N) is 1. The van der Waals surface area contributed by atoms with E-state index in [2.05, 4.69) is 18.2 Å². The highest BCUT2D eigenvalue weighted by Gasteiger charge is 2.40. The molecule has 1 aliphatic carbocycles. The van der Waals surface area contributed by atoms with Crippen LogP contribution in [-0.2, 0) is 15.9 Å². The van der Waals surface area contributed by atoms with Crippen molar-refractivity contribution in [3.63, 3.8) is 0 Å². The van der Waals surface area contributed by atoms with Crippen LogP contribution >= 0.6 is 0 Å². The van der Waals surface area contributed by atoms with Crippen molar-refractivity contribution in [3.8, 4) is 0 Å². The summed E-state index contributed by atoms with van der Waals surface area (Å²) in [5, 5.41) is 0. The molecule has 1 aliphatic rings. The monoisotopic (exact) mass is 290 g/mol. The summed E-state index contributed by atoms with van der Waals surface area (Å²) in [5.74, 6) is 0. The van der Waals surface area contributed by atoms with Gasteiger partial charge in [0.2, 0.25) is 0 Å². The molecule has 1 aromatic carbocycles. The summed E-state index contributed by atoms with van der Waals surface area (Å²) in [6.07, 6.45) is 8.72. The van der Waals surface area contributed by atoms with E-state index >= 15 is 0 Å². The number of hydrogen-bond acceptors (Lipinski definition) is 4. The van der Waals surface area contributed by atoms with Gasteiger partial charge in [-0.15, -0.1) is 4.36 Å². The molecule has 0 saturated carbocycles. The van der Waals surface area contributed by atoms with Crippen LogP contribution in [0.2, 0.25) is 0 Å². The molecule has 0 amide bonds. The van der Waals surface area contributed by atoms with Crippen molar-refractivity contribution in [2.45, 2.75) is 31.2 Å². The average molecular weight is 290 g/mol. The van der Waals surface area contributed by atoms with Crippen molar-refractivity contribution in [2.75, 3.05) is 0 Å². The highest BCUT2D eigenvalue weighted by atomic mass is 32.2. The van der Waals surface area contributed by atoms with Gasteiger partial charge < -0.3 is 5.73 Å². The van der Waals surface area contributed by atoms with Crippen molar-refractivity contribution in [3.05, 3.63) is 54.1 Å². The largest absolute Gasteiger partial charge is 0.321 e. The first kappa shape index (κ1) is 14.7. The smallest absolute Gasteiger partial charge is 0.316 e. The summed E-state index contributed by atoms with van der Waals surface area (Å²) in [4.78, 5) is 0. The first-order valence-corrected chi connectivity index (χ1v) is 7.43. The van der Waals surface area contributed by atoms with Crippen LogP contribution in [0.3, 0.4) is 0 Å². The number of rotatable bonds is 3. The van der Waals surface area contributed by atoms with Crippen LogP contribution in [0.15, 0.2) is 52.9 Å². The van der Waals surface area contributed by atoms with Crippen LogP contribution in [-0.4, -0.2) is 14.0 Å². The van der Waals surface area contributed by atoms with Crippen molar-refractivity contribution in [2.24, 2.45) is 10.1 Å². The van der Waals surface area contributed by atoms with Crippen LogP contribution in [0.25, 0.3) is 0 Å². The van der Waals surface area contributed by atoms with Crippen LogP contribution < -0.4 is 5.73 Å². The van der Waals surface area contributed by atoms with E-state index in [1.165, 1.54) is 0 Å². The molecule has 0 heterocycles. The minimum atomic E-state index is -2.45. The van der Waals surface area contributed by atoms with Crippen molar-refractivity contribution < 1.29 is 8.42 Å². The second-order valence-corrected chi connectivity index (χ2v) is 6.13. The fraction of sp³-hybridized carbons (Fsp3) is 0.333. The second-order valence-electron chi connectivity index (χ2n) is 5.52. The lowest BCUT2D eigenvalue weighted by Crippen LogP contribution is -2.54. The molecule has 2 N–H and O–H groups in total. The molecule has 4 nitrogen and oxygen atoms in total. The SMILES string of the molecule is CC(C)(c1cccc(N=S(=O)=O)c1)C1(N)C=CC=CC1. The standard InChI is InChI=1S/C15H18N2O2S/c1-14(2,15(16)9-4-3-5-10-15)12-7-6-8-13(11-12)17-20(18)19/h3-9,11H,10,16H2,1-2H3. The van der Waals surface area contributed by atoms with Crippen LogP contribution in [0.4, 0.5) is 5.69 Å². The Morgan fingerprint density at radius 2 is 2.05 bits per heavy atom. The summed E-state index contributed by atoms with van der Waals surface area (Å²) < 4.78 is 24.9. The lowest BCUT2D eigenvalue weighted by molar-refractivity contribution is 0.318. The normalized spacial score (nSPS) is 21.8. The fourth-order valence-electron chi connectivity index (χ4n) is 2.41. The Morgan fingerprint density at radius 1 is 1.30 bits per heavy atom. The zero-order chi connectivity index (χ0) is 14.8. The molecule has 0 spiro atoms. The molecule has 0 aliphatic heterocycles. The van der Waals surface area contributed by atoms with Crippen LogP contribution in [0, 0.1) is 0 Å². The highest BCUT2D eigenvalue weighted by molar-refractivity contribution is 7.61. The third-order valence-corrected chi connectivity index (χ3v) is 4.37. The summed E-state index contributed by atoms with van der Waals surface area (Å²) >= 11 is 0. The predicted octanol–water partition coefficient (Wildman–Crippen LogP) is 2.87. The van der Waals surface area contributed by atoms with E-state index in [0.717, 1.165) is 12.0 Å². The molecule has 0 fully saturated rings. The number of hydrogen-bond donors (Lipinski definition) is 1. The van der Waals surface area contributed by atoms with Gasteiger partial charge >= 0.3 is 10.5 Å².